The van der Waals surface area contributed by atoms with Crippen molar-refractivity contribution >= 4 is 23.0 Å². The molecule has 1 aromatic carbocycles. The van der Waals surface area contributed by atoms with E-state index in [2.05, 4.69) is 20.3 Å². The van der Waals surface area contributed by atoms with E-state index in [1.807, 2.05) is 0 Å². The fourth-order valence-electron chi connectivity index (χ4n) is 2.28. The van der Waals surface area contributed by atoms with Gasteiger partial charge in [0, 0.05) is 24.0 Å². The van der Waals surface area contributed by atoms with E-state index in [4.69, 9.17) is 5.73 Å². The van der Waals surface area contributed by atoms with Crippen molar-refractivity contribution in [3.63, 3.8) is 0 Å². The first-order valence-electron chi connectivity index (χ1n) is 7.41. The molecular formula is C16H13F4N5S. The number of halogens is 4. The monoisotopic (exact) mass is 383 g/mol. The molecule has 0 bridgehead atoms. The maximum absolute atomic E-state index is 13.5. The predicted molar refractivity (Wildman–Crippen MR) is 90.5 cm³/mol. The van der Waals surface area contributed by atoms with Crippen LogP contribution in [-0.2, 0) is 12.7 Å². The van der Waals surface area contributed by atoms with Gasteiger partial charge in [-0.2, -0.15) is 13.2 Å². The second-order valence-corrected chi connectivity index (χ2v) is 6.51. The van der Waals surface area contributed by atoms with E-state index < -0.39 is 17.7 Å². The third-order valence-corrected chi connectivity index (χ3v) is 4.41. The minimum absolute atomic E-state index is 0.0112. The summed E-state index contributed by atoms with van der Waals surface area (Å²) >= 11 is 0.902. The maximum Gasteiger partial charge on any atom is 0.434 e. The highest BCUT2D eigenvalue weighted by Crippen LogP contribution is 2.39. The van der Waals surface area contributed by atoms with Crippen LogP contribution in [0.3, 0.4) is 0 Å². The third kappa shape index (κ3) is 3.81. The molecule has 3 aromatic rings. The number of nitrogens with zero attached hydrogens (tertiary/aromatic N) is 3. The van der Waals surface area contributed by atoms with E-state index in [-0.39, 0.29) is 28.1 Å². The maximum atomic E-state index is 13.5. The number of nitrogens with two attached hydrogens (primary N) is 1. The summed E-state index contributed by atoms with van der Waals surface area (Å²) in [6.07, 6.45) is -3.24. The molecule has 0 aliphatic carbocycles. The van der Waals surface area contributed by atoms with Crippen molar-refractivity contribution in [2.24, 2.45) is 5.73 Å². The highest BCUT2D eigenvalue weighted by Gasteiger charge is 2.37. The molecule has 10 heteroatoms. The summed E-state index contributed by atoms with van der Waals surface area (Å²) < 4.78 is 53.0. The van der Waals surface area contributed by atoms with Crippen molar-refractivity contribution in [1.29, 1.82) is 0 Å². The molecule has 0 saturated heterocycles. The molecule has 3 N–H and O–H groups in total. The van der Waals surface area contributed by atoms with Gasteiger partial charge in [0.05, 0.1) is 15.6 Å². The summed E-state index contributed by atoms with van der Waals surface area (Å²) in [4.78, 5) is 11.6. The predicted octanol–water partition coefficient (Wildman–Crippen LogP) is 4.27. The van der Waals surface area contributed by atoms with Crippen molar-refractivity contribution < 1.29 is 17.6 Å². The Hall–Kier alpha value is -2.59. The van der Waals surface area contributed by atoms with Crippen molar-refractivity contribution in [2.75, 3.05) is 5.32 Å². The van der Waals surface area contributed by atoms with Crippen LogP contribution < -0.4 is 11.1 Å². The first kappa shape index (κ1) is 18.2. The van der Waals surface area contributed by atoms with Gasteiger partial charge in [-0.25, -0.2) is 19.3 Å². The van der Waals surface area contributed by atoms with Crippen LogP contribution in [0.15, 0.2) is 30.5 Å². The molecule has 136 valence electrons. The van der Waals surface area contributed by atoms with Crippen LogP contribution in [0.1, 0.15) is 16.3 Å². The molecule has 26 heavy (non-hydrogen) atoms. The Morgan fingerprint density at radius 3 is 2.65 bits per heavy atom. The van der Waals surface area contributed by atoms with Gasteiger partial charge >= 0.3 is 6.18 Å². The number of hydrogen-bond acceptors (Lipinski definition) is 6. The van der Waals surface area contributed by atoms with E-state index in [0.29, 0.717) is 11.3 Å². The summed E-state index contributed by atoms with van der Waals surface area (Å²) in [6, 6.07) is 5.57. The Morgan fingerprint density at radius 1 is 1.19 bits per heavy atom. The molecule has 0 spiro atoms. The molecule has 0 amide bonds. The molecule has 2 aromatic heterocycles. The summed E-state index contributed by atoms with van der Waals surface area (Å²) in [5, 5.41) is 3.12. The van der Waals surface area contributed by atoms with Crippen LogP contribution in [0, 0.1) is 12.7 Å². The van der Waals surface area contributed by atoms with E-state index in [9.17, 15) is 17.6 Å². The van der Waals surface area contributed by atoms with Gasteiger partial charge in [0.25, 0.3) is 0 Å². The van der Waals surface area contributed by atoms with Gasteiger partial charge in [-0.1, -0.05) is 0 Å². The molecule has 3 rings (SSSR count). The molecule has 2 heterocycles. The molecule has 0 saturated carbocycles. The molecule has 5 nitrogen and oxygen atoms in total. The lowest BCUT2D eigenvalue weighted by Gasteiger charge is -2.09. The SMILES string of the molecule is Cc1nc(C(F)(F)F)c(-c2ccnc(Nc3ccc(F)c(CN)c3)n2)s1. The Kier molecular flexibility index (Phi) is 4.88. The summed E-state index contributed by atoms with van der Waals surface area (Å²) in [5.41, 5.74) is 5.35. The van der Waals surface area contributed by atoms with E-state index >= 15 is 0 Å². The molecule has 0 unspecified atom stereocenters. The quantitative estimate of drug-likeness (QED) is 0.658. The molecule has 0 aliphatic heterocycles. The average molecular weight is 383 g/mol. The average Bonchev–Trinajstić information content (AvgIpc) is 2.99. The second-order valence-electron chi connectivity index (χ2n) is 5.31. The lowest BCUT2D eigenvalue weighted by molar-refractivity contribution is -0.140. The van der Waals surface area contributed by atoms with Crippen LogP contribution >= 0.6 is 11.3 Å². The minimum Gasteiger partial charge on any atom is -0.326 e. The molecule has 0 radical (unpaired) electrons. The second kappa shape index (κ2) is 6.96. The molecule has 0 atom stereocenters. The normalized spacial score (nSPS) is 11.6. The number of nitrogens with one attached hydrogen (secondary N) is 1. The van der Waals surface area contributed by atoms with Crippen LogP contribution in [0.4, 0.5) is 29.2 Å². The molecule has 0 fully saturated rings. The number of aryl methyl sites for hydroxylation is 1. The zero-order chi connectivity index (χ0) is 18.9. The fraction of sp³-hybridized carbons (Fsp3) is 0.188. The Balaban J connectivity index is 1.95. The van der Waals surface area contributed by atoms with Crippen LogP contribution in [0.2, 0.25) is 0 Å². The third-order valence-electron chi connectivity index (χ3n) is 3.41. The number of benzene rings is 1. The Morgan fingerprint density at radius 2 is 1.96 bits per heavy atom. The van der Waals surface area contributed by atoms with E-state index in [1.54, 1.807) is 0 Å². The van der Waals surface area contributed by atoms with Crippen molar-refractivity contribution in [1.82, 2.24) is 15.0 Å². The van der Waals surface area contributed by atoms with Crippen LogP contribution in [0.5, 0.6) is 0 Å². The van der Waals surface area contributed by atoms with Crippen molar-refractivity contribution in [3.05, 3.63) is 52.5 Å². The first-order chi connectivity index (χ1) is 12.3. The van der Waals surface area contributed by atoms with Gasteiger partial charge in [-0.3, -0.25) is 0 Å². The Bertz CT molecular complexity index is 939. The smallest absolute Gasteiger partial charge is 0.326 e. The first-order valence-corrected chi connectivity index (χ1v) is 8.23. The van der Waals surface area contributed by atoms with Gasteiger partial charge in [0.2, 0.25) is 5.95 Å². The summed E-state index contributed by atoms with van der Waals surface area (Å²) in [7, 11) is 0. The lowest BCUT2D eigenvalue weighted by Crippen LogP contribution is -2.08. The zero-order valence-corrected chi connectivity index (χ0v) is 14.2. The molecular weight excluding hydrogens is 370 g/mol. The number of alkyl halides is 3. The highest BCUT2D eigenvalue weighted by atomic mass is 32.1. The van der Waals surface area contributed by atoms with E-state index in [1.165, 1.54) is 37.4 Å². The zero-order valence-electron chi connectivity index (χ0n) is 13.4. The fourth-order valence-corrected chi connectivity index (χ4v) is 3.18. The van der Waals surface area contributed by atoms with E-state index in [0.717, 1.165) is 11.3 Å². The Labute approximate surface area is 149 Å². The van der Waals surface area contributed by atoms with Crippen LogP contribution in [0.25, 0.3) is 10.6 Å². The number of aromatic nitrogens is 3. The lowest BCUT2D eigenvalue weighted by atomic mass is 10.2. The van der Waals surface area contributed by atoms with Gasteiger partial charge in [0.1, 0.15) is 5.82 Å². The highest BCUT2D eigenvalue weighted by molar-refractivity contribution is 7.15. The van der Waals surface area contributed by atoms with Gasteiger partial charge in [0.15, 0.2) is 5.69 Å². The molecule has 0 aliphatic rings. The number of anilines is 2. The largest absolute Gasteiger partial charge is 0.434 e. The van der Waals surface area contributed by atoms with Crippen molar-refractivity contribution in [2.45, 2.75) is 19.6 Å². The number of thiazole rings is 1. The summed E-state index contributed by atoms with van der Waals surface area (Å²) in [6.45, 7) is 1.51. The topological polar surface area (TPSA) is 76.7 Å². The number of rotatable bonds is 4. The van der Waals surface area contributed by atoms with Gasteiger partial charge in [-0.05, 0) is 31.2 Å². The minimum atomic E-state index is -4.58. The van der Waals surface area contributed by atoms with Crippen molar-refractivity contribution in [3.8, 4) is 10.6 Å². The van der Waals surface area contributed by atoms with Gasteiger partial charge < -0.3 is 11.1 Å². The van der Waals surface area contributed by atoms with Crippen LogP contribution in [-0.4, -0.2) is 15.0 Å². The van der Waals surface area contributed by atoms with Gasteiger partial charge in [-0.15, -0.1) is 11.3 Å². The summed E-state index contributed by atoms with van der Waals surface area (Å²) in [5.74, 6) is -0.362. The standard InChI is InChI=1S/C16H13F4N5S/c1-8-23-14(16(18,19)20)13(26-8)12-4-5-22-15(25-12)24-10-2-3-11(17)9(6-10)7-21/h2-6H,7,21H2,1H3,(H,22,24,25). The number of hydrogen-bond donors (Lipinski definition) is 2.